The standard InChI is InChI=1S/C30H22F3N3O5/c1-16-11-17(2)13-20(12-16)36-25-15-19(30(31,32)33)9-10-23(25)26(28(36)38)35-34-24-8-4-7-22(27(24)37)18-5-3-6-21(14-18)41-29(39)40/h3-15,37-38H,1-2H3,(H,39,40). The van der Waals surface area contributed by atoms with Gasteiger partial charge in [-0.25, -0.2) is 4.79 Å². The fraction of sp³-hybridized carbons (Fsp3) is 0.100. The van der Waals surface area contributed by atoms with Gasteiger partial charge >= 0.3 is 12.3 Å². The van der Waals surface area contributed by atoms with Gasteiger partial charge in [0, 0.05) is 16.6 Å². The molecule has 0 aliphatic rings. The van der Waals surface area contributed by atoms with E-state index in [4.69, 9.17) is 5.11 Å². The number of carbonyl (C=O) groups is 1. The van der Waals surface area contributed by atoms with Gasteiger partial charge in [-0.15, -0.1) is 10.2 Å². The molecule has 0 radical (unpaired) electrons. The number of aryl methyl sites for hydroxylation is 2. The van der Waals surface area contributed by atoms with E-state index in [2.05, 4.69) is 15.0 Å². The van der Waals surface area contributed by atoms with Gasteiger partial charge in [0.05, 0.1) is 11.1 Å². The Morgan fingerprint density at radius 1 is 0.878 bits per heavy atom. The highest BCUT2D eigenvalue weighted by atomic mass is 19.4. The van der Waals surface area contributed by atoms with E-state index in [1.807, 2.05) is 19.9 Å². The van der Waals surface area contributed by atoms with Crippen LogP contribution in [0.4, 0.5) is 29.3 Å². The molecule has 0 spiro atoms. The van der Waals surface area contributed by atoms with E-state index in [-0.39, 0.29) is 33.8 Å². The first-order valence-electron chi connectivity index (χ1n) is 12.2. The summed E-state index contributed by atoms with van der Waals surface area (Å²) >= 11 is 0. The molecule has 208 valence electrons. The predicted octanol–water partition coefficient (Wildman–Crippen LogP) is 8.82. The Labute approximate surface area is 231 Å². The van der Waals surface area contributed by atoms with Crippen LogP contribution in [-0.4, -0.2) is 26.0 Å². The van der Waals surface area contributed by atoms with Crippen LogP contribution in [0.2, 0.25) is 0 Å². The van der Waals surface area contributed by atoms with Crippen molar-refractivity contribution in [3.8, 4) is 34.2 Å². The lowest BCUT2D eigenvalue weighted by molar-refractivity contribution is -0.137. The maximum atomic E-state index is 13.6. The van der Waals surface area contributed by atoms with Gasteiger partial charge in [0.25, 0.3) is 0 Å². The number of fused-ring (bicyclic) bond motifs is 1. The average Bonchev–Trinajstić information content (AvgIpc) is 3.17. The van der Waals surface area contributed by atoms with Gasteiger partial charge in [0.1, 0.15) is 11.4 Å². The summed E-state index contributed by atoms with van der Waals surface area (Å²) < 4.78 is 46.7. The Balaban J connectivity index is 1.63. The number of phenolic OH excluding ortho intramolecular Hbond substituents is 1. The highest BCUT2D eigenvalue weighted by molar-refractivity contribution is 5.97. The van der Waals surface area contributed by atoms with Gasteiger partial charge < -0.3 is 20.1 Å². The lowest BCUT2D eigenvalue weighted by Crippen LogP contribution is -2.05. The zero-order valence-electron chi connectivity index (χ0n) is 21.6. The van der Waals surface area contributed by atoms with E-state index >= 15 is 0 Å². The number of ether oxygens (including phenoxy) is 1. The maximum absolute atomic E-state index is 13.6. The van der Waals surface area contributed by atoms with Gasteiger partial charge in [-0.3, -0.25) is 4.57 Å². The van der Waals surface area contributed by atoms with Crippen LogP contribution in [0.5, 0.6) is 17.4 Å². The second-order valence-corrected chi connectivity index (χ2v) is 9.35. The third-order valence-electron chi connectivity index (χ3n) is 6.33. The third-order valence-corrected chi connectivity index (χ3v) is 6.33. The molecule has 0 saturated carbocycles. The van der Waals surface area contributed by atoms with Crippen molar-refractivity contribution in [2.75, 3.05) is 0 Å². The van der Waals surface area contributed by atoms with Crippen molar-refractivity contribution in [3.63, 3.8) is 0 Å². The van der Waals surface area contributed by atoms with Crippen LogP contribution in [0.25, 0.3) is 27.7 Å². The molecule has 8 nitrogen and oxygen atoms in total. The molecule has 1 heterocycles. The van der Waals surface area contributed by atoms with E-state index in [1.54, 1.807) is 36.4 Å². The SMILES string of the molecule is Cc1cc(C)cc(-n2c(O)c(N=Nc3cccc(-c4cccc(OC(=O)O)c4)c3O)c3ccc(C(F)(F)F)cc32)c1. The molecule has 3 N–H and O–H groups in total. The summed E-state index contributed by atoms with van der Waals surface area (Å²) in [7, 11) is 0. The zero-order valence-corrected chi connectivity index (χ0v) is 21.6. The summed E-state index contributed by atoms with van der Waals surface area (Å²) in [5.41, 5.74) is 1.97. The van der Waals surface area contributed by atoms with Crippen LogP contribution in [0.3, 0.4) is 0 Å². The minimum atomic E-state index is -4.61. The number of aromatic nitrogens is 1. The number of phenols is 1. The number of halogens is 3. The van der Waals surface area contributed by atoms with Gasteiger partial charge in [-0.1, -0.05) is 30.3 Å². The minimum Gasteiger partial charge on any atom is -0.505 e. The molecule has 0 unspecified atom stereocenters. The van der Waals surface area contributed by atoms with Crippen molar-refractivity contribution >= 4 is 28.4 Å². The number of rotatable bonds is 5. The Morgan fingerprint density at radius 2 is 1.59 bits per heavy atom. The molecule has 4 aromatic carbocycles. The van der Waals surface area contributed by atoms with Gasteiger partial charge in [-0.2, -0.15) is 13.2 Å². The summed E-state index contributed by atoms with van der Waals surface area (Å²) in [6.45, 7) is 3.67. The van der Waals surface area contributed by atoms with Gasteiger partial charge in [0.2, 0.25) is 5.88 Å². The average molecular weight is 562 g/mol. The van der Waals surface area contributed by atoms with Crippen molar-refractivity contribution in [1.82, 2.24) is 4.57 Å². The lowest BCUT2D eigenvalue weighted by Gasteiger charge is -2.11. The van der Waals surface area contributed by atoms with E-state index < -0.39 is 23.8 Å². The molecule has 0 aliphatic heterocycles. The molecule has 0 amide bonds. The molecule has 11 heteroatoms. The predicted molar refractivity (Wildman–Crippen MR) is 146 cm³/mol. The van der Waals surface area contributed by atoms with E-state index in [0.29, 0.717) is 16.8 Å². The topological polar surface area (TPSA) is 117 Å². The van der Waals surface area contributed by atoms with E-state index in [0.717, 1.165) is 23.3 Å². The first-order valence-corrected chi connectivity index (χ1v) is 12.2. The van der Waals surface area contributed by atoms with Crippen molar-refractivity contribution in [3.05, 3.63) is 95.6 Å². The molecular formula is C30H22F3N3O5. The van der Waals surface area contributed by atoms with Crippen molar-refractivity contribution in [2.24, 2.45) is 10.2 Å². The zero-order chi connectivity index (χ0) is 29.5. The van der Waals surface area contributed by atoms with E-state index in [9.17, 15) is 28.2 Å². The Morgan fingerprint density at radius 3 is 2.27 bits per heavy atom. The monoisotopic (exact) mass is 561 g/mol. The lowest BCUT2D eigenvalue weighted by atomic mass is 10.0. The summed E-state index contributed by atoms with van der Waals surface area (Å²) in [4.78, 5) is 10.9. The first kappa shape index (κ1) is 27.3. The van der Waals surface area contributed by atoms with Crippen LogP contribution in [0.1, 0.15) is 16.7 Å². The van der Waals surface area contributed by atoms with E-state index in [1.165, 1.54) is 28.8 Å². The number of aromatic hydroxyl groups is 2. The summed E-state index contributed by atoms with van der Waals surface area (Å²) in [6.07, 6.45) is -6.10. The van der Waals surface area contributed by atoms with Crippen molar-refractivity contribution in [2.45, 2.75) is 20.0 Å². The highest BCUT2D eigenvalue weighted by Crippen LogP contribution is 2.45. The molecule has 0 aliphatic carbocycles. The number of benzene rings is 4. The van der Waals surface area contributed by atoms with Gasteiger partial charge in [-0.05, 0) is 79.1 Å². The number of para-hydroxylation sites is 1. The number of hydrogen-bond donors (Lipinski definition) is 3. The summed E-state index contributed by atoms with van der Waals surface area (Å²) in [5, 5.41) is 39.5. The van der Waals surface area contributed by atoms with Crippen molar-refractivity contribution in [1.29, 1.82) is 0 Å². The normalized spacial score (nSPS) is 11.8. The molecule has 41 heavy (non-hydrogen) atoms. The van der Waals surface area contributed by atoms with Crippen LogP contribution in [0, 0.1) is 13.8 Å². The summed E-state index contributed by atoms with van der Waals surface area (Å²) in [6, 6.07) is 19.1. The van der Waals surface area contributed by atoms with Gasteiger partial charge in [0.15, 0.2) is 11.4 Å². The molecule has 5 rings (SSSR count). The number of hydrogen-bond acceptors (Lipinski definition) is 6. The van der Waals surface area contributed by atoms with Crippen LogP contribution in [0.15, 0.2) is 89.1 Å². The maximum Gasteiger partial charge on any atom is 0.511 e. The molecule has 0 bridgehead atoms. The highest BCUT2D eigenvalue weighted by Gasteiger charge is 2.32. The number of nitrogens with zero attached hydrogens (tertiary/aromatic N) is 3. The van der Waals surface area contributed by atoms with Crippen LogP contribution >= 0.6 is 0 Å². The second-order valence-electron chi connectivity index (χ2n) is 9.35. The molecule has 0 fully saturated rings. The fourth-order valence-electron chi connectivity index (χ4n) is 4.65. The third kappa shape index (κ3) is 5.42. The van der Waals surface area contributed by atoms with Crippen LogP contribution < -0.4 is 4.74 Å². The smallest absolute Gasteiger partial charge is 0.505 e. The van der Waals surface area contributed by atoms with Crippen LogP contribution in [-0.2, 0) is 6.18 Å². The van der Waals surface area contributed by atoms with Crippen molar-refractivity contribution < 1.29 is 38.0 Å². The molecule has 1 aromatic heterocycles. The quantitative estimate of drug-likeness (QED) is 0.113. The largest absolute Gasteiger partial charge is 0.511 e. The molecule has 0 saturated heterocycles. The fourth-order valence-corrected chi connectivity index (χ4v) is 4.65. The Bertz CT molecular complexity index is 1820. The second kappa shape index (κ2) is 10.3. The Hall–Kier alpha value is -5.32. The first-order chi connectivity index (χ1) is 19.4. The molecular weight excluding hydrogens is 539 g/mol. The number of alkyl halides is 3. The number of carboxylic acid groups (broad SMARTS) is 1. The molecule has 5 aromatic rings. The molecule has 0 atom stereocenters. The Kier molecular flexibility index (Phi) is 6.87. The minimum absolute atomic E-state index is 0.00525. The number of azo groups is 1. The summed E-state index contributed by atoms with van der Waals surface area (Å²) in [5.74, 6) is -0.674.